The van der Waals surface area contributed by atoms with E-state index in [1.807, 2.05) is 45.0 Å². The van der Waals surface area contributed by atoms with E-state index in [-0.39, 0.29) is 18.7 Å². The van der Waals surface area contributed by atoms with Crippen LogP contribution < -0.4 is 9.47 Å². The van der Waals surface area contributed by atoms with Gasteiger partial charge in [0.2, 0.25) is 12.7 Å². The smallest absolute Gasteiger partial charge is 0.247 e. The van der Waals surface area contributed by atoms with Crippen molar-refractivity contribution in [1.29, 1.82) is 0 Å². The number of carbonyl (C=O) groups excluding carboxylic acids is 1. The highest BCUT2D eigenvalue weighted by Crippen LogP contribution is 2.33. The van der Waals surface area contributed by atoms with E-state index in [9.17, 15) is 4.79 Å². The van der Waals surface area contributed by atoms with Crippen LogP contribution in [0.2, 0.25) is 0 Å². The molecule has 26 heavy (non-hydrogen) atoms. The van der Waals surface area contributed by atoms with E-state index in [1.165, 1.54) is 0 Å². The summed E-state index contributed by atoms with van der Waals surface area (Å²) in [6.07, 6.45) is 0. The van der Waals surface area contributed by atoms with Crippen LogP contribution in [0.15, 0.2) is 24.3 Å². The van der Waals surface area contributed by atoms with E-state index in [2.05, 4.69) is 5.10 Å². The molecule has 3 rings (SSSR count). The molecule has 0 aliphatic carbocycles. The Morgan fingerprint density at radius 1 is 1.31 bits per heavy atom. The monoisotopic (exact) mass is 359 g/mol. The molecule has 0 saturated heterocycles. The molecule has 7 nitrogen and oxygen atoms in total. The van der Waals surface area contributed by atoms with Gasteiger partial charge >= 0.3 is 0 Å². The average molecular weight is 359 g/mol. The second-order valence-corrected chi connectivity index (χ2v) is 6.49. The highest BCUT2D eigenvalue weighted by Gasteiger charge is 2.24. The molecule has 0 saturated carbocycles. The Hall–Kier alpha value is -2.54. The maximum atomic E-state index is 13.1. The summed E-state index contributed by atoms with van der Waals surface area (Å²) < 4.78 is 17.7. The Balaban J connectivity index is 1.78. The second kappa shape index (κ2) is 7.78. The largest absolute Gasteiger partial charge is 0.454 e. The van der Waals surface area contributed by atoms with Crippen LogP contribution in [0.1, 0.15) is 29.9 Å². The summed E-state index contributed by atoms with van der Waals surface area (Å²) in [5.74, 6) is 1.46. The Kier molecular flexibility index (Phi) is 5.46. The zero-order chi connectivity index (χ0) is 18.7. The number of amides is 1. The van der Waals surface area contributed by atoms with Crippen LogP contribution in [0, 0.1) is 13.8 Å². The summed E-state index contributed by atoms with van der Waals surface area (Å²) in [6, 6.07) is 7.34. The molecule has 0 bridgehead atoms. The van der Waals surface area contributed by atoms with Gasteiger partial charge in [-0.15, -0.1) is 0 Å². The van der Waals surface area contributed by atoms with Gasteiger partial charge in [-0.3, -0.25) is 9.48 Å². The highest BCUT2D eigenvalue weighted by molar-refractivity contribution is 5.80. The predicted octanol–water partition coefficient (Wildman–Crippen LogP) is 2.46. The minimum absolute atomic E-state index is 0.00548. The minimum Gasteiger partial charge on any atom is -0.454 e. The summed E-state index contributed by atoms with van der Waals surface area (Å²) in [6.45, 7) is 7.45. The number of fused-ring (bicyclic) bond motifs is 1. The lowest BCUT2D eigenvalue weighted by atomic mass is 10.1. The van der Waals surface area contributed by atoms with Crippen molar-refractivity contribution in [3.8, 4) is 11.5 Å². The van der Waals surface area contributed by atoms with Gasteiger partial charge in [-0.2, -0.15) is 5.10 Å². The Bertz CT molecular complexity index is 787. The molecule has 0 N–H and O–H groups in total. The van der Waals surface area contributed by atoms with Crippen molar-refractivity contribution in [3.63, 3.8) is 0 Å². The molecule has 140 valence electrons. The molecular weight excluding hydrogens is 334 g/mol. The molecule has 1 amide bonds. The Morgan fingerprint density at radius 3 is 2.77 bits per heavy atom. The standard InChI is InChI=1S/C19H25N3O4/c1-13-9-14(2)22(20-13)15(3)19(23)21(7-8-24-4)11-16-5-6-17-18(10-16)26-12-25-17/h5-6,9-10,15H,7-8,11-12H2,1-4H3/t15-/m0/s1. The summed E-state index contributed by atoms with van der Waals surface area (Å²) in [5, 5.41) is 4.45. The summed E-state index contributed by atoms with van der Waals surface area (Å²) in [5.41, 5.74) is 2.86. The van der Waals surface area contributed by atoms with Crippen molar-refractivity contribution in [3.05, 3.63) is 41.2 Å². The van der Waals surface area contributed by atoms with Gasteiger partial charge in [-0.25, -0.2) is 0 Å². The number of benzene rings is 1. The van der Waals surface area contributed by atoms with Gasteiger partial charge in [-0.1, -0.05) is 6.07 Å². The second-order valence-electron chi connectivity index (χ2n) is 6.49. The highest BCUT2D eigenvalue weighted by atomic mass is 16.7. The normalized spacial score (nSPS) is 13.7. The molecule has 2 aromatic rings. The fourth-order valence-corrected chi connectivity index (χ4v) is 3.14. The number of nitrogens with zero attached hydrogens (tertiary/aromatic N) is 3. The molecule has 0 unspecified atom stereocenters. The van der Waals surface area contributed by atoms with E-state index in [0.29, 0.717) is 25.4 Å². The van der Waals surface area contributed by atoms with E-state index >= 15 is 0 Å². The Labute approximate surface area is 153 Å². The molecule has 0 fully saturated rings. The van der Waals surface area contributed by atoms with Crippen LogP contribution in [-0.4, -0.2) is 47.6 Å². The molecule has 1 aromatic heterocycles. The number of methoxy groups -OCH3 is 1. The third-order valence-electron chi connectivity index (χ3n) is 4.46. The van der Waals surface area contributed by atoms with E-state index in [1.54, 1.807) is 16.7 Å². The van der Waals surface area contributed by atoms with Crippen LogP contribution in [0.3, 0.4) is 0 Å². The van der Waals surface area contributed by atoms with Crippen molar-refractivity contribution in [2.24, 2.45) is 0 Å². The van der Waals surface area contributed by atoms with Gasteiger partial charge in [0.1, 0.15) is 6.04 Å². The van der Waals surface area contributed by atoms with Gasteiger partial charge in [0.15, 0.2) is 11.5 Å². The summed E-state index contributed by atoms with van der Waals surface area (Å²) >= 11 is 0. The SMILES string of the molecule is COCCN(Cc1ccc2c(c1)OCO2)C(=O)[C@H](C)n1nc(C)cc1C. The lowest BCUT2D eigenvalue weighted by Gasteiger charge is -2.26. The number of hydrogen-bond acceptors (Lipinski definition) is 5. The third-order valence-corrected chi connectivity index (χ3v) is 4.46. The van der Waals surface area contributed by atoms with Crippen molar-refractivity contribution in [2.75, 3.05) is 27.1 Å². The fraction of sp³-hybridized carbons (Fsp3) is 0.474. The number of aryl methyl sites for hydroxylation is 2. The maximum Gasteiger partial charge on any atom is 0.247 e. The van der Waals surface area contributed by atoms with Crippen molar-refractivity contribution < 1.29 is 19.0 Å². The molecule has 1 aromatic carbocycles. The lowest BCUT2D eigenvalue weighted by Crippen LogP contribution is -2.38. The summed E-state index contributed by atoms with van der Waals surface area (Å²) in [7, 11) is 1.63. The van der Waals surface area contributed by atoms with Crippen LogP contribution in [0.25, 0.3) is 0 Å². The van der Waals surface area contributed by atoms with Crippen LogP contribution >= 0.6 is 0 Å². The van der Waals surface area contributed by atoms with Gasteiger partial charge in [0, 0.05) is 25.9 Å². The average Bonchev–Trinajstić information content (AvgIpc) is 3.22. The molecule has 0 radical (unpaired) electrons. The fourth-order valence-electron chi connectivity index (χ4n) is 3.14. The van der Waals surface area contributed by atoms with Crippen molar-refractivity contribution >= 4 is 5.91 Å². The zero-order valence-corrected chi connectivity index (χ0v) is 15.7. The first-order chi connectivity index (χ1) is 12.5. The lowest BCUT2D eigenvalue weighted by molar-refractivity contribution is -0.136. The van der Waals surface area contributed by atoms with E-state index < -0.39 is 0 Å². The van der Waals surface area contributed by atoms with Gasteiger partial charge in [0.25, 0.3) is 0 Å². The molecule has 1 atom stereocenters. The van der Waals surface area contributed by atoms with Gasteiger partial charge in [0.05, 0.1) is 12.3 Å². The summed E-state index contributed by atoms with van der Waals surface area (Å²) in [4.78, 5) is 14.9. The number of hydrogen-bond donors (Lipinski definition) is 0. The van der Waals surface area contributed by atoms with Crippen LogP contribution in [-0.2, 0) is 16.1 Å². The Morgan fingerprint density at radius 2 is 2.08 bits per heavy atom. The first-order valence-electron chi connectivity index (χ1n) is 8.68. The number of aromatic nitrogens is 2. The maximum absolute atomic E-state index is 13.1. The molecular formula is C19H25N3O4. The molecule has 0 spiro atoms. The zero-order valence-electron chi connectivity index (χ0n) is 15.7. The van der Waals surface area contributed by atoms with Crippen molar-refractivity contribution in [2.45, 2.75) is 33.4 Å². The quantitative estimate of drug-likeness (QED) is 0.760. The molecule has 2 heterocycles. The topological polar surface area (TPSA) is 65.8 Å². The van der Waals surface area contributed by atoms with E-state index in [4.69, 9.17) is 14.2 Å². The third kappa shape index (κ3) is 3.83. The molecule has 1 aliphatic rings. The minimum atomic E-state index is -0.380. The number of rotatable bonds is 7. The number of ether oxygens (including phenoxy) is 3. The van der Waals surface area contributed by atoms with E-state index in [0.717, 1.165) is 22.7 Å². The molecule has 1 aliphatic heterocycles. The van der Waals surface area contributed by atoms with Gasteiger partial charge in [-0.05, 0) is 44.5 Å². The predicted molar refractivity (Wildman–Crippen MR) is 96.3 cm³/mol. The van der Waals surface area contributed by atoms with Crippen LogP contribution in [0.4, 0.5) is 0 Å². The molecule has 7 heteroatoms. The van der Waals surface area contributed by atoms with Crippen LogP contribution in [0.5, 0.6) is 11.5 Å². The van der Waals surface area contributed by atoms with Gasteiger partial charge < -0.3 is 19.1 Å². The number of carbonyl (C=O) groups is 1. The first-order valence-corrected chi connectivity index (χ1v) is 8.68. The first kappa shape index (κ1) is 18.3. The van der Waals surface area contributed by atoms with Crippen molar-refractivity contribution in [1.82, 2.24) is 14.7 Å².